The zero-order chi connectivity index (χ0) is 21.1. The summed E-state index contributed by atoms with van der Waals surface area (Å²) in [7, 11) is 1.28. The van der Waals surface area contributed by atoms with Crippen LogP contribution in [-0.4, -0.2) is 66.1 Å². The molecule has 1 fully saturated rings. The summed E-state index contributed by atoms with van der Waals surface area (Å²) >= 11 is 0. The van der Waals surface area contributed by atoms with Crippen molar-refractivity contribution in [1.29, 1.82) is 0 Å². The number of esters is 1. The van der Waals surface area contributed by atoms with E-state index >= 15 is 0 Å². The number of nitrogens with one attached hydrogen (secondary N) is 1. The summed E-state index contributed by atoms with van der Waals surface area (Å²) in [6.07, 6.45) is 6.29. The maximum absolute atomic E-state index is 13.4. The Kier molecular flexibility index (Phi) is 5.76. The van der Waals surface area contributed by atoms with Gasteiger partial charge in [0.15, 0.2) is 6.04 Å². The van der Waals surface area contributed by atoms with Crippen molar-refractivity contribution in [2.24, 2.45) is 0 Å². The van der Waals surface area contributed by atoms with Gasteiger partial charge in [0, 0.05) is 11.6 Å². The third-order valence-electron chi connectivity index (χ3n) is 5.48. The number of amides is 2. The van der Waals surface area contributed by atoms with Crippen LogP contribution in [0.2, 0.25) is 0 Å². The predicted molar refractivity (Wildman–Crippen MR) is 109 cm³/mol. The fourth-order valence-corrected chi connectivity index (χ4v) is 3.98. The van der Waals surface area contributed by atoms with Gasteiger partial charge in [0.1, 0.15) is 11.7 Å². The highest BCUT2D eigenvalue weighted by Crippen LogP contribution is 2.23. The van der Waals surface area contributed by atoms with E-state index in [0.29, 0.717) is 24.8 Å². The second kappa shape index (κ2) is 8.62. The van der Waals surface area contributed by atoms with Crippen LogP contribution in [0.4, 0.5) is 0 Å². The van der Waals surface area contributed by atoms with Gasteiger partial charge in [-0.05, 0) is 24.3 Å². The number of methoxy groups -OCH3 is 1. The van der Waals surface area contributed by atoms with Crippen LogP contribution < -0.4 is 5.32 Å². The number of carbonyl (C=O) groups excluding carboxylic acids is 3. The molecule has 156 valence electrons. The lowest BCUT2D eigenvalue weighted by molar-refractivity contribution is -0.166. The Morgan fingerprint density at radius 1 is 1.17 bits per heavy atom. The number of rotatable bonds is 3. The number of ether oxygens (including phenoxy) is 2. The summed E-state index contributed by atoms with van der Waals surface area (Å²) in [5.74, 6) is -1.28. The van der Waals surface area contributed by atoms with Crippen molar-refractivity contribution in [2.45, 2.75) is 31.0 Å². The number of carbonyl (C=O) groups is 3. The maximum Gasteiger partial charge on any atom is 0.331 e. The van der Waals surface area contributed by atoms with Gasteiger partial charge in [0.2, 0.25) is 5.91 Å². The smallest absolute Gasteiger partial charge is 0.331 e. The molecule has 1 aromatic carbocycles. The topological polar surface area (TPSA) is 97.8 Å². The molecule has 0 saturated carbocycles. The third-order valence-corrected chi connectivity index (χ3v) is 5.48. The second-order valence-corrected chi connectivity index (χ2v) is 7.33. The standard InChI is InChI=1S/C22H23N3O5/c1-29-22(28)18-13-30-12-15-7-3-5-9-17(21(27)25(15)18)24-20(26)19-16-8-4-2-6-14(16)10-11-23-19/h2-6,8,10-11,15,17-18H,7,9,12-13H2,1H3,(H,24,26)/b5-3-/t15-,17-,18-/m0/s1. The summed E-state index contributed by atoms with van der Waals surface area (Å²) in [4.78, 5) is 44.4. The highest BCUT2D eigenvalue weighted by atomic mass is 16.5. The zero-order valence-corrected chi connectivity index (χ0v) is 16.6. The molecule has 1 aromatic heterocycles. The molecule has 0 spiro atoms. The predicted octanol–water partition coefficient (Wildman–Crippen LogP) is 1.45. The second-order valence-electron chi connectivity index (χ2n) is 7.33. The van der Waals surface area contributed by atoms with E-state index in [1.165, 1.54) is 12.0 Å². The van der Waals surface area contributed by atoms with Crippen molar-refractivity contribution in [2.75, 3.05) is 20.3 Å². The fourth-order valence-electron chi connectivity index (χ4n) is 3.98. The van der Waals surface area contributed by atoms with Crippen molar-refractivity contribution in [1.82, 2.24) is 15.2 Å². The molecule has 3 atom stereocenters. The minimum absolute atomic E-state index is 0.0736. The van der Waals surface area contributed by atoms with Crippen LogP contribution in [0.15, 0.2) is 48.7 Å². The molecule has 2 aliphatic heterocycles. The van der Waals surface area contributed by atoms with Crippen LogP contribution in [0.5, 0.6) is 0 Å². The van der Waals surface area contributed by atoms with E-state index in [1.54, 1.807) is 6.20 Å². The van der Waals surface area contributed by atoms with Crippen molar-refractivity contribution in [3.05, 3.63) is 54.4 Å². The van der Waals surface area contributed by atoms with Gasteiger partial charge in [-0.1, -0.05) is 36.4 Å². The number of nitrogens with zero attached hydrogens (tertiary/aromatic N) is 2. The molecular weight excluding hydrogens is 386 g/mol. The molecule has 0 bridgehead atoms. The molecule has 1 N–H and O–H groups in total. The molecule has 2 aliphatic rings. The molecular formula is C22H23N3O5. The first-order chi connectivity index (χ1) is 14.6. The van der Waals surface area contributed by atoms with Crippen LogP contribution in [0.25, 0.3) is 10.8 Å². The quantitative estimate of drug-likeness (QED) is 0.609. The van der Waals surface area contributed by atoms with E-state index in [2.05, 4.69) is 10.3 Å². The van der Waals surface area contributed by atoms with E-state index < -0.39 is 24.0 Å². The molecule has 2 amide bonds. The summed E-state index contributed by atoms with van der Waals surface area (Å²) in [5.41, 5.74) is 0.259. The van der Waals surface area contributed by atoms with Crippen LogP contribution in [0.3, 0.4) is 0 Å². The molecule has 4 rings (SSSR count). The summed E-state index contributed by atoms with van der Waals surface area (Å²) < 4.78 is 10.4. The highest BCUT2D eigenvalue weighted by molar-refractivity contribution is 6.06. The largest absolute Gasteiger partial charge is 0.467 e. The molecule has 1 saturated heterocycles. The van der Waals surface area contributed by atoms with Crippen LogP contribution >= 0.6 is 0 Å². The first-order valence-corrected chi connectivity index (χ1v) is 9.87. The molecule has 8 nitrogen and oxygen atoms in total. The van der Waals surface area contributed by atoms with Gasteiger partial charge in [-0.2, -0.15) is 0 Å². The average Bonchev–Trinajstić information content (AvgIpc) is 2.78. The minimum Gasteiger partial charge on any atom is -0.467 e. The lowest BCUT2D eigenvalue weighted by Gasteiger charge is -2.42. The highest BCUT2D eigenvalue weighted by Gasteiger charge is 2.42. The van der Waals surface area contributed by atoms with Gasteiger partial charge in [-0.15, -0.1) is 0 Å². The third kappa shape index (κ3) is 3.78. The number of hydrogen-bond donors (Lipinski definition) is 1. The van der Waals surface area contributed by atoms with Gasteiger partial charge in [0.25, 0.3) is 5.91 Å². The Labute approximate surface area is 173 Å². The Morgan fingerprint density at radius 2 is 1.97 bits per heavy atom. The molecule has 0 unspecified atom stereocenters. The van der Waals surface area contributed by atoms with E-state index in [4.69, 9.17) is 9.47 Å². The van der Waals surface area contributed by atoms with E-state index in [1.807, 2.05) is 42.5 Å². The van der Waals surface area contributed by atoms with Crippen molar-refractivity contribution >= 4 is 28.6 Å². The number of morpholine rings is 1. The molecule has 30 heavy (non-hydrogen) atoms. The van der Waals surface area contributed by atoms with E-state index in [-0.39, 0.29) is 24.2 Å². The molecule has 8 heteroatoms. The SMILES string of the molecule is COC(=O)[C@@H]1COC[C@@H]2C/C=C\C[C@H](NC(=O)c3nccc4ccccc34)C(=O)N21. The summed E-state index contributed by atoms with van der Waals surface area (Å²) in [5, 5.41) is 4.42. The number of hydrogen-bond acceptors (Lipinski definition) is 6. The summed E-state index contributed by atoms with van der Waals surface area (Å²) in [6.45, 7) is 0.402. The molecule has 0 radical (unpaired) electrons. The number of fused-ring (bicyclic) bond motifs is 2. The van der Waals surface area contributed by atoms with E-state index in [0.717, 1.165) is 5.39 Å². The Bertz CT molecular complexity index is 1000. The lowest BCUT2D eigenvalue weighted by atomic mass is 10.00. The Balaban J connectivity index is 1.62. The number of aromatic nitrogens is 1. The average molecular weight is 409 g/mol. The van der Waals surface area contributed by atoms with Crippen LogP contribution in [0.1, 0.15) is 23.3 Å². The van der Waals surface area contributed by atoms with Gasteiger partial charge >= 0.3 is 5.97 Å². The number of pyridine rings is 1. The van der Waals surface area contributed by atoms with Crippen molar-refractivity contribution in [3.8, 4) is 0 Å². The lowest BCUT2D eigenvalue weighted by Crippen LogP contribution is -2.62. The monoisotopic (exact) mass is 409 g/mol. The first kappa shape index (κ1) is 20.0. The minimum atomic E-state index is -0.831. The Morgan fingerprint density at radius 3 is 2.80 bits per heavy atom. The van der Waals surface area contributed by atoms with Crippen LogP contribution in [0, 0.1) is 0 Å². The van der Waals surface area contributed by atoms with Crippen LogP contribution in [-0.2, 0) is 19.1 Å². The molecule has 2 aromatic rings. The normalized spacial score (nSPS) is 25.0. The number of benzene rings is 1. The van der Waals surface area contributed by atoms with Crippen molar-refractivity contribution in [3.63, 3.8) is 0 Å². The van der Waals surface area contributed by atoms with Gasteiger partial charge in [0.05, 0.1) is 26.4 Å². The van der Waals surface area contributed by atoms with Gasteiger partial charge in [-0.25, -0.2) is 4.79 Å². The van der Waals surface area contributed by atoms with Crippen molar-refractivity contribution < 1.29 is 23.9 Å². The Hall–Kier alpha value is -3.26. The van der Waals surface area contributed by atoms with Gasteiger partial charge in [-0.3, -0.25) is 14.6 Å². The maximum atomic E-state index is 13.4. The summed E-state index contributed by atoms with van der Waals surface area (Å²) in [6, 6.07) is 7.34. The molecule has 3 heterocycles. The van der Waals surface area contributed by atoms with Gasteiger partial charge < -0.3 is 19.7 Å². The fraction of sp³-hybridized carbons (Fsp3) is 0.364. The molecule has 0 aliphatic carbocycles. The van der Waals surface area contributed by atoms with E-state index in [9.17, 15) is 14.4 Å². The first-order valence-electron chi connectivity index (χ1n) is 9.87. The zero-order valence-electron chi connectivity index (χ0n) is 16.6.